The summed E-state index contributed by atoms with van der Waals surface area (Å²) in [7, 11) is 0. The Labute approximate surface area is 120 Å². The lowest BCUT2D eigenvalue weighted by Gasteiger charge is -2.31. The first-order valence-corrected chi connectivity index (χ1v) is 7.65. The first kappa shape index (κ1) is 14.2. The SMILES string of the molecule is CCCNC(CC1CCC1)c1cccc(Cl)c1Cl. The molecule has 1 aromatic carbocycles. The Kier molecular flexibility index (Phi) is 5.35. The van der Waals surface area contributed by atoms with Gasteiger partial charge >= 0.3 is 0 Å². The Hall–Kier alpha value is -0.240. The molecule has 1 N–H and O–H groups in total. The van der Waals surface area contributed by atoms with Gasteiger partial charge in [-0.2, -0.15) is 0 Å². The van der Waals surface area contributed by atoms with E-state index < -0.39 is 0 Å². The zero-order valence-electron chi connectivity index (χ0n) is 10.9. The van der Waals surface area contributed by atoms with Crippen LogP contribution in [0, 0.1) is 5.92 Å². The number of benzene rings is 1. The molecule has 0 saturated heterocycles. The lowest BCUT2D eigenvalue weighted by atomic mass is 9.79. The molecule has 100 valence electrons. The van der Waals surface area contributed by atoms with E-state index in [2.05, 4.69) is 18.3 Å². The van der Waals surface area contributed by atoms with Crippen LogP contribution in [0.25, 0.3) is 0 Å². The zero-order chi connectivity index (χ0) is 13.0. The van der Waals surface area contributed by atoms with Gasteiger partial charge in [0.25, 0.3) is 0 Å². The van der Waals surface area contributed by atoms with Crippen LogP contribution in [0.4, 0.5) is 0 Å². The summed E-state index contributed by atoms with van der Waals surface area (Å²) in [6.45, 7) is 3.22. The Morgan fingerprint density at radius 1 is 1.33 bits per heavy atom. The van der Waals surface area contributed by atoms with Crippen molar-refractivity contribution in [1.29, 1.82) is 0 Å². The Morgan fingerprint density at radius 3 is 2.72 bits per heavy atom. The lowest BCUT2D eigenvalue weighted by Crippen LogP contribution is -2.27. The third-order valence-corrected chi connectivity index (χ3v) is 4.62. The Morgan fingerprint density at radius 2 is 2.11 bits per heavy atom. The van der Waals surface area contributed by atoms with Crippen LogP contribution in [0.2, 0.25) is 10.0 Å². The minimum absolute atomic E-state index is 0.349. The molecule has 18 heavy (non-hydrogen) atoms. The molecule has 3 heteroatoms. The molecule has 0 spiro atoms. The van der Waals surface area contributed by atoms with Crippen molar-refractivity contribution in [3.8, 4) is 0 Å². The van der Waals surface area contributed by atoms with E-state index in [9.17, 15) is 0 Å². The average molecular weight is 286 g/mol. The quantitative estimate of drug-likeness (QED) is 0.755. The largest absolute Gasteiger partial charge is 0.310 e. The molecule has 0 radical (unpaired) electrons. The van der Waals surface area contributed by atoms with Crippen LogP contribution in [0.1, 0.15) is 50.6 Å². The van der Waals surface area contributed by atoms with Crippen LogP contribution in [0.3, 0.4) is 0 Å². The highest BCUT2D eigenvalue weighted by Gasteiger charge is 2.24. The third-order valence-electron chi connectivity index (χ3n) is 3.79. The maximum absolute atomic E-state index is 6.34. The Balaban J connectivity index is 2.12. The smallest absolute Gasteiger partial charge is 0.0640 e. The molecule has 0 amide bonds. The second-order valence-electron chi connectivity index (χ2n) is 5.18. The maximum Gasteiger partial charge on any atom is 0.0640 e. The van der Waals surface area contributed by atoms with Gasteiger partial charge in [0.1, 0.15) is 0 Å². The number of hydrogen-bond acceptors (Lipinski definition) is 1. The number of nitrogens with one attached hydrogen (secondary N) is 1. The van der Waals surface area contributed by atoms with Gasteiger partial charge in [-0.1, -0.05) is 61.5 Å². The maximum atomic E-state index is 6.34. The molecule has 0 bridgehead atoms. The number of hydrogen-bond donors (Lipinski definition) is 1. The molecule has 0 heterocycles. The van der Waals surface area contributed by atoms with Gasteiger partial charge in [0.15, 0.2) is 0 Å². The molecule has 0 aromatic heterocycles. The highest BCUT2D eigenvalue weighted by molar-refractivity contribution is 6.42. The van der Waals surface area contributed by atoms with Crippen molar-refractivity contribution in [3.05, 3.63) is 33.8 Å². The van der Waals surface area contributed by atoms with Crippen molar-refractivity contribution in [2.24, 2.45) is 5.92 Å². The third kappa shape index (κ3) is 3.40. The van der Waals surface area contributed by atoms with Gasteiger partial charge in [0, 0.05) is 6.04 Å². The van der Waals surface area contributed by atoms with E-state index in [0.29, 0.717) is 16.1 Å². The molecular formula is C15H21Cl2N. The van der Waals surface area contributed by atoms with Crippen molar-refractivity contribution in [1.82, 2.24) is 5.32 Å². The van der Waals surface area contributed by atoms with Gasteiger partial charge in [0.05, 0.1) is 10.0 Å². The van der Waals surface area contributed by atoms with E-state index >= 15 is 0 Å². The van der Waals surface area contributed by atoms with Crippen LogP contribution in [-0.2, 0) is 0 Å². The first-order chi connectivity index (χ1) is 8.72. The summed E-state index contributed by atoms with van der Waals surface area (Å²) < 4.78 is 0. The molecule has 1 nitrogen and oxygen atoms in total. The highest BCUT2D eigenvalue weighted by Crippen LogP contribution is 2.38. The molecule has 1 saturated carbocycles. The van der Waals surface area contributed by atoms with E-state index in [1.807, 2.05) is 12.1 Å². The van der Waals surface area contributed by atoms with E-state index in [1.54, 1.807) is 0 Å². The summed E-state index contributed by atoms with van der Waals surface area (Å²) in [6.07, 6.45) is 6.43. The summed E-state index contributed by atoms with van der Waals surface area (Å²) in [4.78, 5) is 0. The second kappa shape index (κ2) is 6.79. The summed E-state index contributed by atoms with van der Waals surface area (Å²) in [6, 6.07) is 6.29. The van der Waals surface area contributed by atoms with E-state index in [4.69, 9.17) is 23.2 Å². The summed E-state index contributed by atoms with van der Waals surface area (Å²) in [5.74, 6) is 0.856. The molecule has 1 aliphatic carbocycles. The molecule has 1 aromatic rings. The van der Waals surface area contributed by atoms with Crippen LogP contribution in [0.5, 0.6) is 0 Å². The summed E-state index contributed by atoms with van der Waals surface area (Å²) in [5.41, 5.74) is 1.16. The molecule has 0 aliphatic heterocycles. The molecule has 1 aliphatic rings. The van der Waals surface area contributed by atoms with Gasteiger partial charge in [-0.15, -0.1) is 0 Å². The molecular weight excluding hydrogens is 265 g/mol. The fourth-order valence-electron chi connectivity index (χ4n) is 2.49. The van der Waals surface area contributed by atoms with Gasteiger partial charge in [-0.3, -0.25) is 0 Å². The minimum Gasteiger partial charge on any atom is -0.310 e. The lowest BCUT2D eigenvalue weighted by molar-refractivity contribution is 0.261. The first-order valence-electron chi connectivity index (χ1n) is 6.89. The van der Waals surface area contributed by atoms with E-state index in [0.717, 1.165) is 24.4 Å². The highest BCUT2D eigenvalue weighted by atomic mass is 35.5. The second-order valence-corrected chi connectivity index (χ2v) is 5.97. The molecule has 1 fully saturated rings. The fourth-order valence-corrected chi connectivity index (χ4v) is 2.93. The van der Waals surface area contributed by atoms with Gasteiger partial charge in [0.2, 0.25) is 0 Å². The monoisotopic (exact) mass is 285 g/mol. The summed E-state index contributed by atoms with van der Waals surface area (Å²) in [5, 5.41) is 4.98. The van der Waals surface area contributed by atoms with Crippen molar-refractivity contribution in [2.75, 3.05) is 6.54 Å². The average Bonchev–Trinajstić information content (AvgIpc) is 2.31. The predicted molar refractivity (Wildman–Crippen MR) is 79.5 cm³/mol. The van der Waals surface area contributed by atoms with Crippen LogP contribution < -0.4 is 5.32 Å². The number of rotatable bonds is 6. The van der Waals surface area contributed by atoms with Crippen molar-refractivity contribution >= 4 is 23.2 Å². The summed E-state index contributed by atoms with van der Waals surface area (Å²) >= 11 is 12.5. The van der Waals surface area contributed by atoms with Gasteiger partial charge in [-0.25, -0.2) is 0 Å². The minimum atomic E-state index is 0.349. The van der Waals surface area contributed by atoms with Gasteiger partial charge < -0.3 is 5.32 Å². The molecule has 1 unspecified atom stereocenters. The van der Waals surface area contributed by atoms with Crippen molar-refractivity contribution in [3.63, 3.8) is 0 Å². The van der Waals surface area contributed by atoms with Crippen LogP contribution in [0.15, 0.2) is 18.2 Å². The number of halogens is 2. The molecule has 2 rings (SSSR count). The van der Waals surface area contributed by atoms with Crippen molar-refractivity contribution < 1.29 is 0 Å². The van der Waals surface area contributed by atoms with Crippen molar-refractivity contribution in [2.45, 2.75) is 45.1 Å². The van der Waals surface area contributed by atoms with Crippen LogP contribution >= 0.6 is 23.2 Å². The van der Waals surface area contributed by atoms with E-state index in [1.165, 1.54) is 25.7 Å². The topological polar surface area (TPSA) is 12.0 Å². The normalized spacial score (nSPS) is 17.5. The Bertz CT molecular complexity index is 388. The molecule has 1 atom stereocenters. The van der Waals surface area contributed by atoms with Crippen LogP contribution in [-0.4, -0.2) is 6.54 Å². The zero-order valence-corrected chi connectivity index (χ0v) is 12.4. The van der Waals surface area contributed by atoms with Gasteiger partial charge in [-0.05, 0) is 36.9 Å². The predicted octanol–water partition coefficient (Wildman–Crippen LogP) is 5.22. The fraction of sp³-hybridized carbons (Fsp3) is 0.600. The standard InChI is InChI=1S/C15H21Cl2N/c1-2-9-18-14(10-11-5-3-6-11)12-7-4-8-13(16)15(12)17/h4,7-8,11,14,18H,2-3,5-6,9-10H2,1H3. The van der Waals surface area contributed by atoms with E-state index in [-0.39, 0.29) is 0 Å².